The number of carbonyl (C=O) groups is 1. The Kier molecular flexibility index (Phi) is 4.51. The topological polar surface area (TPSA) is 80.4 Å². The van der Waals surface area contributed by atoms with Crippen molar-refractivity contribution >= 4 is 17.3 Å². The highest BCUT2D eigenvalue weighted by molar-refractivity contribution is 6.03. The first kappa shape index (κ1) is 19.4. The lowest BCUT2D eigenvalue weighted by molar-refractivity contribution is -0.116. The number of benzene rings is 1. The summed E-state index contributed by atoms with van der Waals surface area (Å²) in [6, 6.07) is 15.8. The van der Waals surface area contributed by atoms with Crippen LogP contribution in [0.15, 0.2) is 84.1 Å². The van der Waals surface area contributed by atoms with Crippen LogP contribution in [0.4, 0.5) is 5.69 Å². The predicted molar refractivity (Wildman–Crippen MR) is 121 cm³/mol. The Morgan fingerprint density at radius 1 is 1.06 bits per heavy atom. The molecule has 0 radical (unpaired) electrons. The number of ketones is 1. The molecule has 0 bridgehead atoms. The van der Waals surface area contributed by atoms with Gasteiger partial charge in [-0.3, -0.25) is 14.7 Å². The highest BCUT2D eigenvalue weighted by Gasteiger charge is 2.42. The zero-order chi connectivity index (χ0) is 22.4. The van der Waals surface area contributed by atoms with E-state index in [1.807, 2.05) is 64.3 Å². The van der Waals surface area contributed by atoms with Crippen molar-refractivity contribution in [2.45, 2.75) is 25.2 Å². The number of nitrogens with zero attached hydrogens (tertiary/aromatic N) is 4. The van der Waals surface area contributed by atoms with Gasteiger partial charge in [-0.15, -0.1) is 0 Å². The van der Waals surface area contributed by atoms with E-state index in [0.717, 1.165) is 29.8 Å². The van der Waals surface area contributed by atoms with Gasteiger partial charge in [0.1, 0.15) is 5.82 Å². The van der Waals surface area contributed by atoms with Crippen molar-refractivity contribution in [3.8, 4) is 17.6 Å². The number of hydrogen-bond acceptors (Lipinski definition) is 6. The standard InChI is InChI=1S/C26H20N4O3/c27-14-19-24(17-8-9-22-23(13-17)33-16-32-22)25-20(6-3-7-21(25)31)30(18-5-4-10-28-15-18)26(19)29-11-1-2-12-29/h1-2,4-5,8-13,15,24H,3,6-7,16H2/t24-/m0/s1. The monoisotopic (exact) mass is 436 g/mol. The van der Waals surface area contributed by atoms with E-state index in [1.165, 1.54) is 0 Å². The summed E-state index contributed by atoms with van der Waals surface area (Å²) in [6.07, 6.45) is 9.30. The number of anilines is 1. The SMILES string of the molecule is N#CC1=C(n2cccc2)N(c2cccnc2)C2=C(C(=O)CCC2)[C@H]1c1ccc2c(c1)OCO2. The van der Waals surface area contributed by atoms with Crippen LogP contribution in [0.5, 0.6) is 11.5 Å². The minimum absolute atomic E-state index is 0.0760. The third-order valence-corrected chi connectivity index (χ3v) is 6.33. The van der Waals surface area contributed by atoms with Crippen LogP contribution in [0, 0.1) is 11.3 Å². The summed E-state index contributed by atoms with van der Waals surface area (Å²) in [5.74, 6) is 1.60. The molecule has 1 aromatic carbocycles. The van der Waals surface area contributed by atoms with E-state index in [-0.39, 0.29) is 12.6 Å². The third-order valence-electron chi connectivity index (χ3n) is 6.33. The van der Waals surface area contributed by atoms with Crippen molar-refractivity contribution in [1.82, 2.24) is 9.55 Å². The summed E-state index contributed by atoms with van der Waals surface area (Å²) in [4.78, 5) is 19.7. The molecule has 4 heterocycles. The Morgan fingerprint density at radius 2 is 1.91 bits per heavy atom. The zero-order valence-corrected chi connectivity index (χ0v) is 17.8. The van der Waals surface area contributed by atoms with Crippen molar-refractivity contribution < 1.29 is 14.3 Å². The molecule has 0 amide bonds. The minimum Gasteiger partial charge on any atom is -0.454 e. The zero-order valence-electron chi connectivity index (χ0n) is 17.8. The lowest BCUT2D eigenvalue weighted by Gasteiger charge is -2.41. The number of rotatable bonds is 3. The van der Waals surface area contributed by atoms with Crippen LogP contribution in [0.1, 0.15) is 30.7 Å². The fraction of sp³-hybridized carbons (Fsp3) is 0.192. The summed E-state index contributed by atoms with van der Waals surface area (Å²) in [5, 5.41) is 10.5. The van der Waals surface area contributed by atoms with Crippen LogP contribution >= 0.6 is 0 Å². The fourth-order valence-electron chi connectivity index (χ4n) is 4.96. The second kappa shape index (κ2) is 7.68. The van der Waals surface area contributed by atoms with E-state index >= 15 is 0 Å². The average Bonchev–Trinajstić information content (AvgIpc) is 3.55. The van der Waals surface area contributed by atoms with Gasteiger partial charge in [-0.25, -0.2) is 0 Å². The largest absolute Gasteiger partial charge is 0.454 e. The number of carbonyl (C=O) groups excluding carboxylic acids is 1. The predicted octanol–water partition coefficient (Wildman–Crippen LogP) is 4.62. The lowest BCUT2D eigenvalue weighted by atomic mass is 9.75. The summed E-state index contributed by atoms with van der Waals surface area (Å²) in [7, 11) is 0. The van der Waals surface area contributed by atoms with Crippen molar-refractivity contribution in [3.05, 3.63) is 89.7 Å². The van der Waals surface area contributed by atoms with Crippen LogP contribution in [0.25, 0.3) is 5.82 Å². The van der Waals surface area contributed by atoms with Crippen LogP contribution < -0.4 is 14.4 Å². The number of aromatic nitrogens is 2. The van der Waals surface area contributed by atoms with E-state index < -0.39 is 5.92 Å². The summed E-state index contributed by atoms with van der Waals surface area (Å²) < 4.78 is 13.0. The molecule has 3 aromatic rings. The molecule has 3 aliphatic rings. The van der Waals surface area contributed by atoms with Crippen molar-refractivity contribution in [2.75, 3.05) is 11.7 Å². The molecular formula is C26H20N4O3. The normalized spacial score (nSPS) is 19.5. The number of fused-ring (bicyclic) bond motifs is 1. The second-order valence-electron chi connectivity index (χ2n) is 8.17. The molecular weight excluding hydrogens is 416 g/mol. The quantitative estimate of drug-likeness (QED) is 0.596. The maximum atomic E-state index is 13.4. The molecule has 0 N–H and O–H groups in total. The van der Waals surface area contributed by atoms with Gasteiger partial charge in [0.05, 0.1) is 29.4 Å². The molecule has 0 saturated carbocycles. The van der Waals surface area contributed by atoms with E-state index in [0.29, 0.717) is 34.9 Å². The Balaban J connectivity index is 1.65. The van der Waals surface area contributed by atoms with E-state index in [2.05, 4.69) is 11.1 Å². The number of Topliss-reactive ketones (excluding diaryl/α,β-unsaturated/α-hetero) is 1. The molecule has 7 nitrogen and oxygen atoms in total. The van der Waals surface area contributed by atoms with Crippen molar-refractivity contribution in [2.24, 2.45) is 0 Å². The molecule has 0 unspecified atom stereocenters. The number of allylic oxidation sites excluding steroid dienone is 3. The molecule has 7 heteroatoms. The van der Waals surface area contributed by atoms with E-state index in [9.17, 15) is 10.1 Å². The van der Waals surface area contributed by atoms with Gasteiger partial charge in [0.25, 0.3) is 0 Å². The van der Waals surface area contributed by atoms with Crippen molar-refractivity contribution in [3.63, 3.8) is 0 Å². The maximum absolute atomic E-state index is 13.4. The summed E-state index contributed by atoms with van der Waals surface area (Å²) in [5.41, 5.74) is 3.76. The molecule has 6 rings (SSSR count). The average molecular weight is 436 g/mol. The van der Waals surface area contributed by atoms with Gasteiger partial charge in [-0.1, -0.05) is 6.07 Å². The maximum Gasteiger partial charge on any atom is 0.231 e. The smallest absolute Gasteiger partial charge is 0.231 e. The van der Waals surface area contributed by atoms with Gasteiger partial charge in [0, 0.05) is 36.3 Å². The second-order valence-corrected chi connectivity index (χ2v) is 8.17. The molecule has 2 aromatic heterocycles. The number of ether oxygens (including phenoxy) is 2. The van der Waals surface area contributed by atoms with Gasteiger partial charge < -0.3 is 14.0 Å². The first-order valence-corrected chi connectivity index (χ1v) is 10.9. The molecule has 33 heavy (non-hydrogen) atoms. The van der Waals surface area contributed by atoms with Gasteiger partial charge in [0.15, 0.2) is 17.3 Å². The molecule has 0 fully saturated rings. The van der Waals surface area contributed by atoms with Gasteiger partial charge in [-0.05, 0) is 54.8 Å². The molecule has 0 saturated heterocycles. The molecule has 1 aliphatic carbocycles. The van der Waals surface area contributed by atoms with Crippen LogP contribution in [-0.4, -0.2) is 22.1 Å². The fourth-order valence-corrected chi connectivity index (χ4v) is 4.96. The first-order valence-electron chi connectivity index (χ1n) is 10.9. The highest BCUT2D eigenvalue weighted by atomic mass is 16.7. The Bertz CT molecular complexity index is 1350. The lowest BCUT2D eigenvalue weighted by Crippen LogP contribution is -2.36. The third kappa shape index (κ3) is 3.03. The highest BCUT2D eigenvalue weighted by Crippen LogP contribution is 2.49. The molecule has 0 spiro atoms. The summed E-state index contributed by atoms with van der Waals surface area (Å²) >= 11 is 0. The number of pyridine rings is 1. The van der Waals surface area contributed by atoms with E-state index in [4.69, 9.17) is 9.47 Å². The minimum atomic E-state index is -0.488. The van der Waals surface area contributed by atoms with Crippen LogP contribution in [0.2, 0.25) is 0 Å². The van der Waals surface area contributed by atoms with Gasteiger partial charge in [0.2, 0.25) is 6.79 Å². The Labute approximate surface area is 190 Å². The number of hydrogen-bond donors (Lipinski definition) is 0. The van der Waals surface area contributed by atoms with E-state index in [1.54, 1.807) is 12.4 Å². The Hall–Kier alpha value is -4.31. The summed E-state index contributed by atoms with van der Waals surface area (Å²) in [6.45, 7) is 0.167. The van der Waals surface area contributed by atoms with Crippen LogP contribution in [0.3, 0.4) is 0 Å². The van der Waals surface area contributed by atoms with Gasteiger partial charge >= 0.3 is 0 Å². The Morgan fingerprint density at radius 3 is 2.70 bits per heavy atom. The molecule has 162 valence electrons. The van der Waals surface area contributed by atoms with Crippen LogP contribution in [-0.2, 0) is 4.79 Å². The first-order chi connectivity index (χ1) is 16.3. The number of nitriles is 1. The van der Waals surface area contributed by atoms with Crippen molar-refractivity contribution in [1.29, 1.82) is 5.26 Å². The molecule has 1 atom stereocenters. The van der Waals surface area contributed by atoms with Gasteiger partial charge in [-0.2, -0.15) is 5.26 Å². The molecule has 2 aliphatic heterocycles.